The van der Waals surface area contributed by atoms with Crippen molar-refractivity contribution in [2.45, 2.75) is 32.1 Å². The quantitative estimate of drug-likeness (QED) is 0.468. The van der Waals surface area contributed by atoms with Crippen LogP contribution in [0.1, 0.15) is 32.1 Å². The van der Waals surface area contributed by atoms with Gasteiger partial charge < -0.3 is 11.1 Å². The summed E-state index contributed by atoms with van der Waals surface area (Å²) < 4.78 is 0. The summed E-state index contributed by atoms with van der Waals surface area (Å²) in [6, 6.07) is 16.7. The fourth-order valence-electron chi connectivity index (χ4n) is 3.04. The Balaban J connectivity index is 1.75. The van der Waals surface area contributed by atoms with E-state index in [1.54, 1.807) is 0 Å². The highest BCUT2D eigenvalue weighted by Gasteiger charge is 2.07. The van der Waals surface area contributed by atoms with E-state index in [1.807, 2.05) is 12.1 Å². The first-order valence-electron chi connectivity index (χ1n) is 8.61. The summed E-state index contributed by atoms with van der Waals surface area (Å²) in [4.78, 5) is 4.76. The maximum atomic E-state index is 5.53. The molecule has 0 fully saturated rings. The Labute approximate surface area is 137 Å². The Hall–Kier alpha value is -2.13. The van der Waals surface area contributed by atoms with E-state index in [0.717, 1.165) is 30.5 Å². The number of nitrogens with two attached hydrogens (primary N) is 1. The molecule has 3 rings (SSSR count). The second kappa shape index (κ2) is 7.93. The number of benzene rings is 2. The van der Waals surface area contributed by atoms with Gasteiger partial charge >= 0.3 is 0 Å². The van der Waals surface area contributed by atoms with Crippen molar-refractivity contribution >= 4 is 27.5 Å². The van der Waals surface area contributed by atoms with Crippen LogP contribution in [0.3, 0.4) is 0 Å². The Bertz CT molecular complexity index is 713. The predicted octanol–water partition coefficient (Wildman–Crippen LogP) is 4.71. The summed E-state index contributed by atoms with van der Waals surface area (Å²) in [5.41, 5.74) is 8.85. The van der Waals surface area contributed by atoms with E-state index in [1.165, 1.54) is 42.1 Å². The Morgan fingerprint density at radius 1 is 0.739 bits per heavy atom. The van der Waals surface area contributed by atoms with Gasteiger partial charge in [-0.25, -0.2) is 4.98 Å². The smallest absolute Gasteiger partial charge is 0.0730 e. The lowest BCUT2D eigenvalue weighted by molar-refractivity contribution is 0.629. The van der Waals surface area contributed by atoms with Gasteiger partial charge in [0.05, 0.1) is 16.7 Å². The number of para-hydroxylation sites is 2. The molecule has 0 spiro atoms. The van der Waals surface area contributed by atoms with Crippen LogP contribution >= 0.6 is 0 Å². The molecule has 0 radical (unpaired) electrons. The normalized spacial score (nSPS) is 11.2. The molecule has 0 saturated heterocycles. The zero-order chi connectivity index (χ0) is 15.9. The Kier molecular flexibility index (Phi) is 5.43. The van der Waals surface area contributed by atoms with E-state index in [9.17, 15) is 0 Å². The van der Waals surface area contributed by atoms with Gasteiger partial charge in [0.25, 0.3) is 0 Å². The number of unbranched alkanes of at least 4 members (excludes halogenated alkanes) is 4. The van der Waals surface area contributed by atoms with Gasteiger partial charge in [-0.3, -0.25) is 0 Å². The molecule has 0 unspecified atom stereocenters. The van der Waals surface area contributed by atoms with Crippen molar-refractivity contribution in [3.63, 3.8) is 0 Å². The number of hydrogen-bond donors (Lipinski definition) is 2. The molecule has 1 heterocycles. The highest BCUT2D eigenvalue weighted by atomic mass is 14.9. The molecule has 0 bridgehead atoms. The van der Waals surface area contributed by atoms with Crippen LogP contribution in [-0.4, -0.2) is 18.1 Å². The Morgan fingerprint density at radius 2 is 1.30 bits per heavy atom. The summed E-state index contributed by atoms with van der Waals surface area (Å²) in [6.07, 6.45) is 6.12. The second-order valence-corrected chi connectivity index (χ2v) is 6.00. The average Bonchev–Trinajstić information content (AvgIpc) is 2.60. The molecule has 0 atom stereocenters. The van der Waals surface area contributed by atoms with Crippen LogP contribution in [0.2, 0.25) is 0 Å². The minimum Gasteiger partial charge on any atom is -0.384 e. The lowest BCUT2D eigenvalue weighted by atomic mass is 10.1. The molecule has 0 amide bonds. The molecule has 0 saturated carbocycles. The van der Waals surface area contributed by atoms with Crippen molar-refractivity contribution in [3.05, 3.63) is 48.5 Å². The van der Waals surface area contributed by atoms with Crippen molar-refractivity contribution in [2.24, 2.45) is 5.73 Å². The first kappa shape index (κ1) is 15.8. The van der Waals surface area contributed by atoms with Gasteiger partial charge in [0.15, 0.2) is 0 Å². The molecule has 1 aromatic heterocycles. The molecule has 2 aromatic carbocycles. The summed E-state index contributed by atoms with van der Waals surface area (Å²) in [7, 11) is 0. The van der Waals surface area contributed by atoms with Crippen LogP contribution in [-0.2, 0) is 0 Å². The van der Waals surface area contributed by atoms with E-state index in [2.05, 4.69) is 41.7 Å². The first-order valence-corrected chi connectivity index (χ1v) is 8.61. The van der Waals surface area contributed by atoms with Crippen molar-refractivity contribution in [1.29, 1.82) is 0 Å². The van der Waals surface area contributed by atoms with Crippen LogP contribution < -0.4 is 11.1 Å². The molecule has 3 nitrogen and oxygen atoms in total. The minimum atomic E-state index is 0.813. The molecule has 3 N–H and O–H groups in total. The second-order valence-electron chi connectivity index (χ2n) is 6.00. The van der Waals surface area contributed by atoms with Gasteiger partial charge in [-0.1, -0.05) is 55.7 Å². The van der Waals surface area contributed by atoms with E-state index < -0.39 is 0 Å². The van der Waals surface area contributed by atoms with Crippen molar-refractivity contribution < 1.29 is 0 Å². The molecule has 0 aliphatic rings. The van der Waals surface area contributed by atoms with Gasteiger partial charge in [0, 0.05) is 17.3 Å². The zero-order valence-corrected chi connectivity index (χ0v) is 13.6. The molecular formula is C20H25N3. The number of anilines is 1. The third-order valence-electron chi connectivity index (χ3n) is 4.27. The SMILES string of the molecule is NCCCCCCCNc1c2ccccc2nc2ccccc12. The zero-order valence-electron chi connectivity index (χ0n) is 13.6. The number of rotatable bonds is 8. The number of fused-ring (bicyclic) bond motifs is 2. The molecule has 3 heteroatoms. The fraction of sp³-hybridized carbons (Fsp3) is 0.350. The van der Waals surface area contributed by atoms with Crippen LogP contribution in [0.25, 0.3) is 21.8 Å². The molecule has 3 aromatic rings. The fourth-order valence-corrected chi connectivity index (χ4v) is 3.04. The lowest BCUT2D eigenvalue weighted by Gasteiger charge is -2.13. The van der Waals surface area contributed by atoms with Gasteiger partial charge in [-0.15, -0.1) is 0 Å². The minimum absolute atomic E-state index is 0.813. The first-order chi connectivity index (χ1) is 11.4. The van der Waals surface area contributed by atoms with E-state index in [0.29, 0.717) is 0 Å². The van der Waals surface area contributed by atoms with Crippen LogP contribution in [0.4, 0.5) is 5.69 Å². The molecule has 0 aliphatic carbocycles. The van der Waals surface area contributed by atoms with Crippen molar-refractivity contribution in [1.82, 2.24) is 4.98 Å². The molecule has 23 heavy (non-hydrogen) atoms. The largest absolute Gasteiger partial charge is 0.384 e. The van der Waals surface area contributed by atoms with Crippen molar-refractivity contribution in [2.75, 3.05) is 18.4 Å². The average molecular weight is 307 g/mol. The van der Waals surface area contributed by atoms with Crippen LogP contribution in [0.5, 0.6) is 0 Å². The third-order valence-corrected chi connectivity index (χ3v) is 4.27. The highest BCUT2D eigenvalue weighted by Crippen LogP contribution is 2.30. The summed E-state index contributed by atoms with van der Waals surface area (Å²) >= 11 is 0. The summed E-state index contributed by atoms with van der Waals surface area (Å²) in [5, 5.41) is 6.06. The lowest BCUT2D eigenvalue weighted by Crippen LogP contribution is -2.04. The maximum absolute atomic E-state index is 5.53. The van der Waals surface area contributed by atoms with Gasteiger partial charge in [-0.05, 0) is 31.5 Å². The number of nitrogens with zero attached hydrogens (tertiary/aromatic N) is 1. The van der Waals surface area contributed by atoms with E-state index in [-0.39, 0.29) is 0 Å². The van der Waals surface area contributed by atoms with Crippen LogP contribution in [0, 0.1) is 0 Å². The van der Waals surface area contributed by atoms with E-state index >= 15 is 0 Å². The topological polar surface area (TPSA) is 50.9 Å². The van der Waals surface area contributed by atoms with Crippen molar-refractivity contribution in [3.8, 4) is 0 Å². The van der Waals surface area contributed by atoms with Gasteiger partial charge in [0.1, 0.15) is 0 Å². The number of nitrogens with one attached hydrogen (secondary N) is 1. The summed E-state index contributed by atoms with van der Waals surface area (Å²) in [5.74, 6) is 0. The van der Waals surface area contributed by atoms with Gasteiger partial charge in [0.2, 0.25) is 0 Å². The maximum Gasteiger partial charge on any atom is 0.0730 e. The highest BCUT2D eigenvalue weighted by molar-refractivity contribution is 6.07. The summed E-state index contributed by atoms with van der Waals surface area (Å²) in [6.45, 7) is 1.81. The standard InChI is InChI=1S/C20H25N3/c21-14-8-2-1-3-9-15-22-20-16-10-4-6-12-18(16)23-19-13-7-5-11-17(19)20/h4-7,10-13H,1-3,8-9,14-15,21H2,(H,22,23). The molecule has 0 aliphatic heterocycles. The number of pyridine rings is 1. The monoisotopic (exact) mass is 307 g/mol. The Morgan fingerprint density at radius 3 is 1.96 bits per heavy atom. The van der Waals surface area contributed by atoms with Crippen LogP contribution in [0.15, 0.2) is 48.5 Å². The third kappa shape index (κ3) is 3.80. The number of aromatic nitrogens is 1. The van der Waals surface area contributed by atoms with E-state index in [4.69, 9.17) is 10.7 Å². The number of hydrogen-bond acceptors (Lipinski definition) is 3. The van der Waals surface area contributed by atoms with Gasteiger partial charge in [-0.2, -0.15) is 0 Å². The predicted molar refractivity (Wildman–Crippen MR) is 99.9 cm³/mol. The molecule has 120 valence electrons. The molecular weight excluding hydrogens is 282 g/mol.